The summed E-state index contributed by atoms with van der Waals surface area (Å²) < 4.78 is 1.28. The van der Waals surface area contributed by atoms with Crippen molar-refractivity contribution in [1.82, 2.24) is 14.9 Å². The predicted octanol–water partition coefficient (Wildman–Crippen LogP) is 4.66. The van der Waals surface area contributed by atoms with E-state index in [0.717, 1.165) is 17.3 Å². The lowest BCUT2D eigenvalue weighted by Gasteiger charge is -2.08. The lowest BCUT2D eigenvalue weighted by atomic mass is 10.2. The zero-order valence-electron chi connectivity index (χ0n) is 14.0. The summed E-state index contributed by atoms with van der Waals surface area (Å²) in [6.07, 6.45) is 0. The van der Waals surface area contributed by atoms with Gasteiger partial charge in [-0.1, -0.05) is 52.6 Å². The summed E-state index contributed by atoms with van der Waals surface area (Å²) in [6.45, 7) is 1.92. The average Bonchev–Trinajstić information content (AvgIpc) is 2.96. The van der Waals surface area contributed by atoms with Crippen molar-refractivity contribution in [3.63, 3.8) is 0 Å². The minimum Gasteiger partial charge on any atom is -0.335 e. The standard InChI is InChI=1S/C17H14Cl3N5OS/c1-9-2-5-14(13(20)6-9)22-15(26)8-27-17-24-23-16(25(17)21)11-4-3-10(18)7-12(11)19/h2-7H,8,21H2,1H3,(H,22,26). The number of nitrogens with zero attached hydrogens (tertiary/aromatic N) is 3. The second-order valence-electron chi connectivity index (χ2n) is 5.62. The van der Waals surface area contributed by atoms with Crippen LogP contribution in [0.15, 0.2) is 41.6 Å². The van der Waals surface area contributed by atoms with E-state index in [0.29, 0.717) is 37.3 Å². The fraction of sp³-hybridized carbons (Fsp3) is 0.118. The Bertz CT molecular complexity index is 1010. The Balaban J connectivity index is 1.68. The number of nitrogens with two attached hydrogens (primary N) is 1. The molecule has 0 saturated carbocycles. The second kappa shape index (κ2) is 8.39. The summed E-state index contributed by atoms with van der Waals surface area (Å²) in [5.74, 6) is 6.28. The van der Waals surface area contributed by atoms with Gasteiger partial charge < -0.3 is 11.2 Å². The van der Waals surface area contributed by atoms with Gasteiger partial charge in [-0.2, -0.15) is 0 Å². The van der Waals surface area contributed by atoms with Crippen molar-refractivity contribution in [2.45, 2.75) is 12.1 Å². The van der Waals surface area contributed by atoms with E-state index in [1.807, 2.05) is 13.0 Å². The quantitative estimate of drug-likeness (QED) is 0.443. The normalized spacial score (nSPS) is 10.8. The smallest absolute Gasteiger partial charge is 0.234 e. The van der Waals surface area contributed by atoms with Crippen molar-refractivity contribution in [3.05, 3.63) is 57.0 Å². The fourth-order valence-corrected chi connectivity index (χ4v) is 3.70. The molecule has 0 fully saturated rings. The third-order valence-corrected chi connectivity index (χ3v) is 5.37. The number of halogens is 3. The highest BCUT2D eigenvalue weighted by Gasteiger charge is 2.16. The van der Waals surface area contributed by atoms with E-state index < -0.39 is 0 Å². The first kappa shape index (κ1) is 19.8. The van der Waals surface area contributed by atoms with E-state index in [-0.39, 0.29) is 11.7 Å². The van der Waals surface area contributed by atoms with Crippen LogP contribution in [0.3, 0.4) is 0 Å². The lowest BCUT2D eigenvalue weighted by molar-refractivity contribution is -0.113. The molecule has 0 spiro atoms. The summed E-state index contributed by atoms with van der Waals surface area (Å²) in [5, 5.41) is 12.6. The molecule has 0 atom stereocenters. The fourth-order valence-electron chi connectivity index (χ4n) is 2.27. The molecule has 0 unspecified atom stereocenters. The van der Waals surface area contributed by atoms with E-state index >= 15 is 0 Å². The molecule has 1 aromatic heterocycles. The lowest BCUT2D eigenvalue weighted by Crippen LogP contribution is -2.16. The van der Waals surface area contributed by atoms with Crippen molar-refractivity contribution in [2.24, 2.45) is 0 Å². The first-order chi connectivity index (χ1) is 12.8. The number of aromatic nitrogens is 3. The summed E-state index contributed by atoms with van der Waals surface area (Å²) >= 11 is 19.4. The number of carbonyl (C=O) groups is 1. The Hall–Kier alpha value is -1.93. The van der Waals surface area contributed by atoms with Crippen LogP contribution in [0.2, 0.25) is 15.1 Å². The highest BCUT2D eigenvalue weighted by atomic mass is 35.5. The monoisotopic (exact) mass is 441 g/mol. The number of hydrogen-bond donors (Lipinski definition) is 2. The molecule has 1 heterocycles. The Morgan fingerprint density at radius 3 is 2.63 bits per heavy atom. The van der Waals surface area contributed by atoms with Crippen LogP contribution in [0.25, 0.3) is 11.4 Å². The second-order valence-corrected chi connectivity index (χ2v) is 7.81. The molecule has 0 aliphatic heterocycles. The topological polar surface area (TPSA) is 85.8 Å². The van der Waals surface area contributed by atoms with Gasteiger partial charge in [-0.3, -0.25) is 4.79 Å². The zero-order chi connectivity index (χ0) is 19.6. The summed E-state index contributed by atoms with van der Waals surface area (Å²) in [6, 6.07) is 10.4. The Morgan fingerprint density at radius 2 is 1.93 bits per heavy atom. The van der Waals surface area contributed by atoms with Crippen LogP contribution in [0.5, 0.6) is 0 Å². The third kappa shape index (κ3) is 4.68. The Kier molecular flexibility index (Phi) is 6.16. The molecule has 3 aromatic rings. The van der Waals surface area contributed by atoms with E-state index in [1.165, 1.54) is 4.68 Å². The van der Waals surface area contributed by atoms with Crippen LogP contribution in [-0.2, 0) is 4.79 Å². The molecule has 0 bridgehead atoms. The van der Waals surface area contributed by atoms with Crippen LogP contribution in [-0.4, -0.2) is 26.5 Å². The van der Waals surface area contributed by atoms with Crippen LogP contribution in [0.1, 0.15) is 5.56 Å². The number of nitrogen functional groups attached to an aromatic ring is 1. The molecule has 10 heteroatoms. The maximum Gasteiger partial charge on any atom is 0.234 e. The van der Waals surface area contributed by atoms with Crippen LogP contribution < -0.4 is 11.2 Å². The summed E-state index contributed by atoms with van der Waals surface area (Å²) in [7, 11) is 0. The number of thioether (sulfide) groups is 1. The number of nitrogens with one attached hydrogen (secondary N) is 1. The molecule has 3 rings (SSSR count). The van der Waals surface area contributed by atoms with Gasteiger partial charge in [-0.15, -0.1) is 10.2 Å². The SMILES string of the molecule is Cc1ccc(NC(=O)CSc2nnc(-c3ccc(Cl)cc3Cl)n2N)c(Cl)c1. The molecule has 3 N–H and O–H groups in total. The molecular formula is C17H14Cl3N5OS. The molecule has 27 heavy (non-hydrogen) atoms. The van der Waals surface area contributed by atoms with Crippen molar-refractivity contribution in [1.29, 1.82) is 0 Å². The van der Waals surface area contributed by atoms with Gasteiger partial charge in [0.05, 0.1) is 21.5 Å². The van der Waals surface area contributed by atoms with Gasteiger partial charge >= 0.3 is 0 Å². The van der Waals surface area contributed by atoms with Crippen molar-refractivity contribution < 1.29 is 4.79 Å². The summed E-state index contributed by atoms with van der Waals surface area (Å²) in [4.78, 5) is 12.2. The molecule has 2 aromatic carbocycles. The Labute approximate surface area is 175 Å². The maximum absolute atomic E-state index is 12.2. The number of amides is 1. The number of benzene rings is 2. The third-order valence-electron chi connectivity index (χ3n) is 3.57. The number of anilines is 1. The minimum absolute atomic E-state index is 0.0912. The van der Waals surface area contributed by atoms with Crippen LogP contribution in [0.4, 0.5) is 5.69 Å². The predicted molar refractivity (Wildman–Crippen MR) is 111 cm³/mol. The van der Waals surface area contributed by atoms with Gasteiger partial charge in [-0.05, 0) is 42.8 Å². The maximum atomic E-state index is 12.2. The Morgan fingerprint density at radius 1 is 1.15 bits per heavy atom. The van der Waals surface area contributed by atoms with Gasteiger partial charge in [0.15, 0.2) is 5.82 Å². The van der Waals surface area contributed by atoms with Gasteiger partial charge in [0.1, 0.15) is 0 Å². The van der Waals surface area contributed by atoms with Gasteiger partial charge in [0.2, 0.25) is 11.1 Å². The molecule has 0 aliphatic carbocycles. The molecule has 0 aliphatic rings. The van der Waals surface area contributed by atoms with E-state index in [2.05, 4.69) is 15.5 Å². The van der Waals surface area contributed by atoms with Crippen molar-refractivity contribution >= 4 is 58.2 Å². The average molecular weight is 443 g/mol. The molecule has 0 saturated heterocycles. The zero-order valence-corrected chi connectivity index (χ0v) is 17.1. The highest BCUT2D eigenvalue weighted by Crippen LogP contribution is 2.30. The molecule has 0 radical (unpaired) electrons. The highest BCUT2D eigenvalue weighted by molar-refractivity contribution is 7.99. The number of aryl methyl sites for hydroxylation is 1. The largest absolute Gasteiger partial charge is 0.335 e. The van der Waals surface area contributed by atoms with E-state index in [1.54, 1.807) is 30.3 Å². The molecular weight excluding hydrogens is 429 g/mol. The van der Waals surface area contributed by atoms with Gasteiger partial charge in [-0.25, -0.2) is 4.68 Å². The van der Waals surface area contributed by atoms with Crippen LogP contribution >= 0.6 is 46.6 Å². The van der Waals surface area contributed by atoms with E-state index in [4.69, 9.17) is 40.6 Å². The van der Waals surface area contributed by atoms with Gasteiger partial charge in [0.25, 0.3) is 0 Å². The molecule has 6 nitrogen and oxygen atoms in total. The van der Waals surface area contributed by atoms with Crippen LogP contribution in [0, 0.1) is 6.92 Å². The number of carbonyl (C=O) groups excluding carboxylic acids is 1. The number of hydrogen-bond acceptors (Lipinski definition) is 5. The van der Waals surface area contributed by atoms with E-state index in [9.17, 15) is 4.79 Å². The van der Waals surface area contributed by atoms with Crippen molar-refractivity contribution in [3.8, 4) is 11.4 Å². The first-order valence-electron chi connectivity index (χ1n) is 7.70. The van der Waals surface area contributed by atoms with Crippen molar-refractivity contribution in [2.75, 3.05) is 16.9 Å². The summed E-state index contributed by atoms with van der Waals surface area (Å²) in [5.41, 5.74) is 2.16. The number of rotatable bonds is 5. The minimum atomic E-state index is -0.236. The molecule has 140 valence electrons. The molecule has 1 amide bonds. The van der Waals surface area contributed by atoms with Gasteiger partial charge in [0, 0.05) is 10.6 Å². The first-order valence-corrected chi connectivity index (χ1v) is 9.82.